The Bertz CT molecular complexity index is 1380. The summed E-state index contributed by atoms with van der Waals surface area (Å²) in [5.74, 6) is -2.05. The van der Waals surface area contributed by atoms with Gasteiger partial charge in [0.25, 0.3) is 5.91 Å². The normalized spacial score (nSPS) is 20.0. The second-order valence-electron chi connectivity index (χ2n) is 7.81. The Balaban J connectivity index is 1.53. The zero-order valence-corrected chi connectivity index (χ0v) is 17.6. The summed E-state index contributed by atoms with van der Waals surface area (Å²) >= 11 is 0. The maximum atomic E-state index is 13.3. The predicted molar refractivity (Wildman–Crippen MR) is 117 cm³/mol. The van der Waals surface area contributed by atoms with Crippen molar-refractivity contribution in [2.75, 3.05) is 29.6 Å². The highest BCUT2D eigenvalue weighted by atomic mass is 19.1. The maximum absolute atomic E-state index is 13.3. The summed E-state index contributed by atoms with van der Waals surface area (Å²) in [5, 5.41) is 23.8. The molecule has 2 aliphatic rings. The summed E-state index contributed by atoms with van der Waals surface area (Å²) in [7, 11) is 3.56. The number of amides is 2. The van der Waals surface area contributed by atoms with E-state index in [9.17, 15) is 14.0 Å². The van der Waals surface area contributed by atoms with Crippen molar-refractivity contribution in [3.8, 4) is 11.3 Å². The highest BCUT2D eigenvalue weighted by molar-refractivity contribution is 6.00. The number of aryl methyl sites for hydroxylation is 1. The van der Waals surface area contributed by atoms with Crippen LogP contribution in [-0.4, -0.2) is 62.2 Å². The molecule has 3 N–H and O–H groups in total. The number of carbonyl (C=O) groups excluding carboxylic acids is 2. The molecule has 2 amide bonds. The first kappa shape index (κ1) is 17.4. The molecule has 5 rings (SSSR count). The van der Waals surface area contributed by atoms with Gasteiger partial charge in [0.2, 0.25) is 5.91 Å². The molecule has 0 saturated heterocycles. The lowest BCUT2D eigenvalue weighted by Gasteiger charge is -2.28. The zero-order valence-electron chi connectivity index (χ0n) is 20.6. The van der Waals surface area contributed by atoms with Crippen LogP contribution in [0, 0.1) is 5.92 Å². The molecule has 3 aromatic rings. The van der Waals surface area contributed by atoms with E-state index in [-0.39, 0.29) is 23.6 Å². The molecule has 1 fully saturated rings. The maximum Gasteiger partial charge on any atom is 0.273 e. The molecule has 0 bridgehead atoms. The Morgan fingerprint density at radius 3 is 2.85 bits per heavy atom. The highest BCUT2D eigenvalue weighted by Gasteiger charge is 2.43. The zero-order chi connectivity index (χ0) is 25.8. The molecule has 2 atom stereocenters. The number of rotatable bonds is 5. The van der Waals surface area contributed by atoms with Crippen LogP contribution < -0.4 is 20.9 Å². The van der Waals surface area contributed by atoms with Crippen molar-refractivity contribution >= 4 is 34.8 Å². The van der Waals surface area contributed by atoms with Crippen LogP contribution in [0.1, 0.15) is 26.7 Å². The number of hydrogen-bond donors (Lipinski definition) is 3. The number of nitrogens with zero attached hydrogens (tertiary/aromatic N) is 7. The molecule has 170 valence electrons. The van der Waals surface area contributed by atoms with Crippen molar-refractivity contribution in [1.82, 2.24) is 35.5 Å². The molecule has 0 unspecified atom stereocenters. The number of hydrogen-bond acceptors (Lipinski definition) is 9. The third-order valence-electron chi connectivity index (χ3n) is 5.41. The fourth-order valence-electron chi connectivity index (χ4n) is 3.75. The standard InChI is InChI=1S/C20H21FN10O2/c1-22-20(33)16-12(7-14(26-27-16)25-19(32)10-6-11(10)21)24-18-17-9(4-5-23-18)15-13(8-30(17)2)28-31(3)29-15/h4-5,7,10-11H,6,8H2,1-3H3,(H,22,33)(H2,23,24,25,26,32)/t10-,11+/m0/s1/i1D3. The first-order chi connectivity index (χ1) is 17.0. The molecule has 12 nitrogen and oxygen atoms in total. The summed E-state index contributed by atoms with van der Waals surface area (Å²) in [5.41, 5.74) is 2.57. The van der Waals surface area contributed by atoms with Crippen LogP contribution >= 0.6 is 0 Å². The van der Waals surface area contributed by atoms with Gasteiger partial charge in [-0.05, 0) is 12.5 Å². The van der Waals surface area contributed by atoms with E-state index >= 15 is 0 Å². The van der Waals surface area contributed by atoms with Gasteiger partial charge in [0.05, 0.1) is 23.8 Å². The number of nitrogens with one attached hydrogen (secondary N) is 3. The Hall–Kier alpha value is -4.16. The average molecular weight is 455 g/mol. The molecule has 33 heavy (non-hydrogen) atoms. The minimum atomic E-state index is -2.77. The molecule has 0 spiro atoms. The van der Waals surface area contributed by atoms with Crippen LogP contribution in [0.2, 0.25) is 0 Å². The second kappa shape index (κ2) is 7.76. The van der Waals surface area contributed by atoms with Crippen molar-refractivity contribution in [2.45, 2.75) is 19.1 Å². The lowest BCUT2D eigenvalue weighted by molar-refractivity contribution is -0.117. The number of alkyl halides is 1. The molecule has 1 saturated carbocycles. The molecule has 3 aromatic heterocycles. The first-order valence-electron chi connectivity index (χ1n) is 11.5. The predicted octanol–water partition coefficient (Wildman–Crippen LogP) is 1.02. The number of fused-ring (bicyclic) bond motifs is 3. The van der Waals surface area contributed by atoms with Crippen LogP contribution in [0.5, 0.6) is 0 Å². The highest BCUT2D eigenvalue weighted by Crippen LogP contribution is 2.41. The summed E-state index contributed by atoms with van der Waals surface area (Å²) in [6.45, 7) is -2.32. The first-order valence-corrected chi connectivity index (χ1v) is 10.0. The molecule has 13 heteroatoms. The molecule has 1 aliphatic carbocycles. The summed E-state index contributed by atoms with van der Waals surface area (Å²) in [4.78, 5) is 32.6. The number of anilines is 4. The van der Waals surface area contributed by atoms with E-state index in [4.69, 9.17) is 4.11 Å². The fraction of sp³-hybridized carbons (Fsp3) is 0.350. The van der Waals surface area contributed by atoms with Gasteiger partial charge < -0.3 is 20.9 Å². The van der Waals surface area contributed by atoms with Gasteiger partial charge in [-0.3, -0.25) is 9.59 Å². The van der Waals surface area contributed by atoms with E-state index in [1.807, 2.05) is 17.3 Å². The third kappa shape index (κ3) is 3.70. The van der Waals surface area contributed by atoms with E-state index in [1.165, 1.54) is 10.9 Å². The molecule has 1 aliphatic heterocycles. The molecule has 0 radical (unpaired) electrons. The lowest BCUT2D eigenvalue weighted by atomic mass is 10.0. The monoisotopic (exact) mass is 455 g/mol. The number of halogens is 1. The van der Waals surface area contributed by atoms with E-state index in [2.05, 4.69) is 36.0 Å². The Morgan fingerprint density at radius 2 is 2.09 bits per heavy atom. The van der Waals surface area contributed by atoms with Gasteiger partial charge in [0, 0.05) is 43.0 Å². The molecule has 4 heterocycles. The van der Waals surface area contributed by atoms with E-state index in [1.54, 1.807) is 19.3 Å². The van der Waals surface area contributed by atoms with Crippen LogP contribution in [0.15, 0.2) is 18.3 Å². The van der Waals surface area contributed by atoms with Crippen molar-refractivity contribution in [1.29, 1.82) is 0 Å². The fourth-order valence-corrected chi connectivity index (χ4v) is 3.75. The Morgan fingerprint density at radius 1 is 1.27 bits per heavy atom. The van der Waals surface area contributed by atoms with Gasteiger partial charge >= 0.3 is 0 Å². The smallest absolute Gasteiger partial charge is 0.273 e. The summed E-state index contributed by atoms with van der Waals surface area (Å²) in [6.07, 6.45) is 0.467. The molecule has 0 aromatic carbocycles. The van der Waals surface area contributed by atoms with Crippen LogP contribution in [0.25, 0.3) is 11.3 Å². The van der Waals surface area contributed by atoms with Crippen molar-refractivity contribution < 1.29 is 18.1 Å². The number of pyridine rings is 1. The van der Waals surface area contributed by atoms with Gasteiger partial charge in [-0.25, -0.2) is 9.37 Å². The SMILES string of the molecule is [2H]C([2H])([2H])NC(=O)c1nnc(NC(=O)[C@H]2C[C@H]2F)cc1Nc1nccc2c1N(C)Cc1nn(C)nc1-2. The van der Waals surface area contributed by atoms with E-state index in [0.29, 0.717) is 23.7 Å². The van der Waals surface area contributed by atoms with E-state index < -0.39 is 30.9 Å². The molecular formula is C20H21FN10O2. The van der Waals surface area contributed by atoms with Crippen molar-refractivity contribution in [3.05, 3.63) is 29.7 Å². The topological polar surface area (TPSA) is 143 Å². The van der Waals surface area contributed by atoms with Gasteiger partial charge in [0.15, 0.2) is 17.3 Å². The van der Waals surface area contributed by atoms with Crippen LogP contribution in [0.4, 0.5) is 27.4 Å². The van der Waals surface area contributed by atoms with Gasteiger partial charge in [0.1, 0.15) is 17.6 Å². The van der Waals surface area contributed by atoms with Gasteiger partial charge in [-0.1, -0.05) is 0 Å². The van der Waals surface area contributed by atoms with Crippen molar-refractivity contribution in [2.24, 2.45) is 13.0 Å². The third-order valence-corrected chi connectivity index (χ3v) is 5.41. The summed E-state index contributed by atoms with van der Waals surface area (Å²) < 4.78 is 35.3. The second-order valence-corrected chi connectivity index (χ2v) is 7.81. The van der Waals surface area contributed by atoms with E-state index in [0.717, 1.165) is 11.3 Å². The average Bonchev–Trinajstić information content (AvgIpc) is 3.40. The van der Waals surface area contributed by atoms with Crippen LogP contribution in [-0.2, 0) is 18.4 Å². The quantitative estimate of drug-likeness (QED) is 0.514. The van der Waals surface area contributed by atoms with Gasteiger partial charge in [-0.15, -0.1) is 10.2 Å². The minimum Gasteiger partial charge on any atom is -0.365 e. The van der Waals surface area contributed by atoms with Crippen LogP contribution in [0.3, 0.4) is 0 Å². The Kier molecular flexibility index (Phi) is 4.09. The molecular weight excluding hydrogens is 431 g/mol. The Labute approximate surface area is 191 Å². The number of carbonyl (C=O) groups is 2. The minimum absolute atomic E-state index is 0.0360. The summed E-state index contributed by atoms with van der Waals surface area (Å²) in [6, 6.07) is 3.10. The van der Waals surface area contributed by atoms with Crippen molar-refractivity contribution in [3.63, 3.8) is 0 Å². The van der Waals surface area contributed by atoms with Gasteiger partial charge in [-0.2, -0.15) is 15.0 Å². The lowest BCUT2D eigenvalue weighted by Crippen LogP contribution is -2.25. The number of aromatic nitrogens is 6. The largest absolute Gasteiger partial charge is 0.365 e.